The van der Waals surface area contributed by atoms with Crippen LogP contribution >= 0.6 is 0 Å². The van der Waals surface area contributed by atoms with E-state index in [2.05, 4.69) is 15.5 Å². The number of hydrogen-bond acceptors (Lipinski definition) is 3. The van der Waals surface area contributed by atoms with Gasteiger partial charge in [0.25, 0.3) is 0 Å². The zero-order valence-electron chi connectivity index (χ0n) is 6.18. The van der Waals surface area contributed by atoms with E-state index < -0.39 is 0 Å². The van der Waals surface area contributed by atoms with Crippen LogP contribution in [0.3, 0.4) is 0 Å². The van der Waals surface area contributed by atoms with Crippen LogP contribution in [-0.2, 0) is 0 Å². The second-order valence-electron chi connectivity index (χ2n) is 2.50. The molecule has 1 rings (SSSR count). The summed E-state index contributed by atoms with van der Waals surface area (Å²) in [6.07, 6.45) is 1.68. The average molecular weight is 140 g/mol. The summed E-state index contributed by atoms with van der Waals surface area (Å²) < 4.78 is 0. The number of rotatable bonds is 2. The molecule has 1 aromatic rings. The van der Waals surface area contributed by atoms with Crippen LogP contribution in [0.2, 0.25) is 0 Å². The number of hydrogen-bond donors (Lipinski definition) is 3. The first-order chi connectivity index (χ1) is 4.70. The molecule has 56 valence electrons. The Bertz CT molecular complexity index is 203. The van der Waals surface area contributed by atoms with Crippen molar-refractivity contribution in [3.63, 3.8) is 0 Å². The zero-order valence-corrected chi connectivity index (χ0v) is 6.18. The molecular formula is C6H12N4. The normalized spacial score (nSPS) is 10.3. The summed E-state index contributed by atoms with van der Waals surface area (Å²) in [4.78, 5) is 0. The molecule has 4 heteroatoms. The molecule has 4 N–H and O–H groups in total. The molecule has 0 aliphatic rings. The minimum absolute atomic E-state index is 0.389. The summed E-state index contributed by atoms with van der Waals surface area (Å²) in [6.45, 7) is 4.10. The molecule has 0 fully saturated rings. The van der Waals surface area contributed by atoms with E-state index >= 15 is 0 Å². The minimum atomic E-state index is 0.389. The number of nitrogens with zero attached hydrogens (tertiary/aromatic N) is 1. The lowest BCUT2D eigenvalue weighted by Gasteiger charge is -2.06. The van der Waals surface area contributed by atoms with E-state index in [-0.39, 0.29) is 0 Å². The first-order valence-electron chi connectivity index (χ1n) is 3.25. The summed E-state index contributed by atoms with van der Waals surface area (Å²) in [6, 6.07) is 0.389. The van der Waals surface area contributed by atoms with Gasteiger partial charge in [-0.3, -0.25) is 5.10 Å². The molecule has 10 heavy (non-hydrogen) atoms. The Balaban J connectivity index is 2.65. The highest BCUT2D eigenvalue weighted by Crippen LogP contribution is 2.13. The van der Waals surface area contributed by atoms with Crippen LogP contribution in [-0.4, -0.2) is 16.2 Å². The average Bonchev–Trinajstić information content (AvgIpc) is 2.15. The second kappa shape index (κ2) is 2.60. The smallest absolute Gasteiger partial charge is 0.142 e. The van der Waals surface area contributed by atoms with Gasteiger partial charge in [0.2, 0.25) is 0 Å². The molecule has 0 aliphatic heterocycles. The van der Waals surface area contributed by atoms with Gasteiger partial charge < -0.3 is 11.1 Å². The van der Waals surface area contributed by atoms with Crippen molar-refractivity contribution in [1.82, 2.24) is 10.2 Å². The second-order valence-corrected chi connectivity index (χ2v) is 2.50. The number of H-pyrrole nitrogens is 1. The predicted molar refractivity (Wildman–Crippen MR) is 41.8 cm³/mol. The van der Waals surface area contributed by atoms with Gasteiger partial charge in [-0.25, -0.2) is 0 Å². The van der Waals surface area contributed by atoms with Gasteiger partial charge >= 0.3 is 0 Å². The Labute approximate surface area is 59.8 Å². The summed E-state index contributed by atoms with van der Waals surface area (Å²) >= 11 is 0. The van der Waals surface area contributed by atoms with E-state index in [0.29, 0.717) is 11.9 Å². The number of nitrogens with one attached hydrogen (secondary N) is 2. The maximum atomic E-state index is 5.51. The van der Waals surface area contributed by atoms with Gasteiger partial charge in [-0.1, -0.05) is 0 Å². The molecule has 0 unspecified atom stereocenters. The van der Waals surface area contributed by atoms with Crippen LogP contribution in [0, 0.1) is 0 Å². The van der Waals surface area contributed by atoms with Gasteiger partial charge in [0, 0.05) is 6.04 Å². The third-order valence-electron chi connectivity index (χ3n) is 1.11. The zero-order chi connectivity index (χ0) is 7.56. The Morgan fingerprint density at radius 3 is 2.80 bits per heavy atom. The standard InChI is InChI=1S/C6H12N4/c1-4(2)9-5-3-8-10-6(5)7/h3-4,9H,1-2H3,(H3,7,8,10). The van der Waals surface area contributed by atoms with Crippen molar-refractivity contribution < 1.29 is 0 Å². The minimum Gasteiger partial charge on any atom is -0.382 e. The molecule has 0 saturated heterocycles. The first kappa shape index (κ1) is 6.92. The summed E-state index contributed by atoms with van der Waals surface area (Å²) in [5.41, 5.74) is 6.38. The van der Waals surface area contributed by atoms with E-state index in [4.69, 9.17) is 5.73 Å². The first-order valence-corrected chi connectivity index (χ1v) is 3.25. The topological polar surface area (TPSA) is 66.7 Å². The van der Waals surface area contributed by atoms with Crippen molar-refractivity contribution >= 4 is 11.5 Å². The van der Waals surface area contributed by atoms with Crippen molar-refractivity contribution in [1.29, 1.82) is 0 Å². The van der Waals surface area contributed by atoms with Crippen molar-refractivity contribution in [3.8, 4) is 0 Å². The van der Waals surface area contributed by atoms with Crippen LogP contribution in [0.15, 0.2) is 6.20 Å². The van der Waals surface area contributed by atoms with Gasteiger partial charge in [-0.05, 0) is 13.8 Å². The largest absolute Gasteiger partial charge is 0.382 e. The van der Waals surface area contributed by atoms with E-state index in [0.717, 1.165) is 5.69 Å². The molecule has 0 amide bonds. The third kappa shape index (κ3) is 1.40. The Morgan fingerprint density at radius 1 is 1.70 bits per heavy atom. The lowest BCUT2D eigenvalue weighted by molar-refractivity contribution is 0.900. The lowest BCUT2D eigenvalue weighted by atomic mass is 10.4. The van der Waals surface area contributed by atoms with Gasteiger partial charge in [-0.15, -0.1) is 0 Å². The number of aromatic amines is 1. The highest BCUT2D eigenvalue weighted by Gasteiger charge is 2.00. The van der Waals surface area contributed by atoms with Crippen LogP contribution in [0.5, 0.6) is 0 Å². The molecule has 0 spiro atoms. The fourth-order valence-electron chi connectivity index (χ4n) is 0.722. The van der Waals surface area contributed by atoms with Gasteiger partial charge in [-0.2, -0.15) is 5.10 Å². The molecule has 0 aliphatic carbocycles. The quantitative estimate of drug-likeness (QED) is 0.569. The molecule has 4 nitrogen and oxygen atoms in total. The SMILES string of the molecule is CC(C)Nc1cn[nH]c1N. The van der Waals surface area contributed by atoms with E-state index in [1.54, 1.807) is 6.20 Å². The summed E-state index contributed by atoms with van der Waals surface area (Å²) in [5.74, 6) is 0.591. The molecule has 0 saturated carbocycles. The molecule has 1 aromatic heterocycles. The highest BCUT2D eigenvalue weighted by atomic mass is 15.2. The van der Waals surface area contributed by atoms with E-state index in [9.17, 15) is 0 Å². The van der Waals surface area contributed by atoms with E-state index in [1.807, 2.05) is 13.8 Å². The number of nitrogen functional groups attached to an aromatic ring is 1. The van der Waals surface area contributed by atoms with Crippen molar-refractivity contribution in [2.75, 3.05) is 11.1 Å². The predicted octanol–water partition coefficient (Wildman–Crippen LogP) is 0.812. The molecule has 1 heterocycles. The maximum absolute atomic E-state index is 5.51. The molecule has 0 radical (unpaired) electrons. The van der Waals surface area contributed by atoms with Crippen LogP contribution in [0.25, 0.3) is 0 Å². The van der Waals surface area contributed by atoms with Crippen LogP contribution in [0.1, 0.15) is 13.8 Å². The fourth-order valence-corrected chi connectivity index (χ4v) is 0.722. The van der Waals surface area contributed by atoms with Crippen LogP contribution in [0.4, 0.5) is 11.5 Å². The van der Waals surface area contributed by atoms with Crippen LogP contribution < -0.4 is 11.1 Å². The Morgan fingerprint density at radius 2 is 2.40 bits per heavy atom. The maximum Gasteiger partial charge on any atom is 0.142 e. The van der Waals surface area contributed by atoms with Crippen molar-refractivity contribution in [3.05, 3.63) is 6.20 Å². The molecule has 0 bridgehead atoms. The van der Waals surface area contributed by atoms with E-state index in [1.165, 1.54) is 0 Å². The lowest BCUT2D eigenvalue weighted by Crippen LogP contribution is -2.10. The van der Waals surface area contributed by atoms with Gasteiger partial charge in [0.1, 0.15) is 5.82 Å². The summed E-state index contributed by atoms with van der Waals surface area (Å²) in [7, 11) is 0. The van der Waals surface area contributed by atoms with Gasteiger partial charge in [0.05, 0.1) is 11.9 Å². The monoisotopic (exact) mass is 140 g/mol. The third-order valence-corrected chi connectivity index (χ3v) is 1.11. The summed E-state index contributed by atoms with van der Waals surface area (Å²) in [5, 5.41) is 9.54. The van der Waals surface area contributed by atoms with Gasteiger partial charge in [0.15, 0.2) is 0 Å². The Kier molecular flexibility index (Phi) is 1.80. The Hall–Kier alpha value is -1.19. The number of aromatic nitrogens is 2. The number of nitrogens with two attached hydrogens (primary N) is 1. The van der Waals surface area contributed by atoms with Crippen molar-refractivity contribution in [2.24, 2.45) is 0 Å². The fraction of sp³-hybridized carbons (Fsp3) is 0.500. The molecule has 0 aromatic carbocycles. The molecular weight excluding hydrogens is 128 g/mol. The molecule has 0 atom stereocenters. The number of anilines is 2. The highest BCUT2D eigenvalue weighted by molar-refractivity contribution is 5.60. The van der Waals surface area contributed by atoms with Crippen molar-refractivity contribution in [2.45, 2.75) is 19.9 Å².